The lowest BCUT2D eigenvalue weighted by Crippen LogP contribution is -2.51. The predicted molar refractivity (Wildman–Crippen MR) is 127 cm³/mol. The van der Waals surface area contributed by atoms with Crippen LogP contribution in [0.2, 0.25) is 0 Å². The summed E-state index contributed by atoms with van der Waals surface area (Å²) in [5, 5.41) is 13.8. The fraction of sp³-hybridized carbons (Fsp3) is 0.259. The summed E-state index contributed by atoms with van der Waals surface area (Å²) >= 11 is 0. The second kappa shape index (κ2) is 10.9. The number of ether oxygens (including phenoxy) is 1. The van der Waals surface area contributed by atoms with Crippen LogP contribution >= 0.6 is 0 Å². The van der Waals surface area contributed by atoms with E-state index in [2.05, 4.69) is 5.32 Å². The van der Waals surface area contributed by atoms with Gasteiger partial charge in [0.15, 0.2) is 0 Å². The Morgan fingerprint density at radius 3 is 2.31 bits per heavy atom. The maximum absolute atomic E-state index is 12.9. The van der Waals surface area contributed by atoms with Crippen LogP contribution in [-0.4, -0.2) is 41.1 Å². The van der Waals surface area contributed by atoms with Crippen molar-refractivity contribution in [2.24, 2.45) is 0 Å². The Bertz CT molecular complexity index is 1180. The summed E-state index contributed by atoms with van der Waals surface area (Å²) in [5.74, 6) is -0.543. The van der Waals surface area contributed by atoms with Gasteiger partial charge in [0, 0.05) is 12.2 Å². The molecule has 3 aromatic carbocycles. The first-order chi connectivity index (χ1) is 17.2. The zero-order valence-electron chi connectivity index (χ0n) is 19.2. The first kappa shape index (κ1) is 25.4. The van der Waals surface area contributed by atoms with E-state index in [9.17, 15) is 27.9 Å². The van der Waals surface area contributed by atoms with Gasteiger partial charge < -0.3 is 20.1 Å². The van der Waals surface area contributed by atoms with Crippen molar-refractivity contribution in [2.75, 3.05) is 18.5 Å². The van der Waals surface area contributed by atoms with E-state index in [1.165, 1.54) is 17.0 Å². The van der Waals surface area contributed by atoms with Gasteiger partial charge >= 0.3 is 6.18 Å². The van der Waals surface area contributed by atoms with Crippen molar-refractivity contribution in [1.82, 2.24) is 4.90 Å². The Labute approximate surface area is 206 Å². The molecule has 2 N–H and O–H groups in total. The van der Waals surface area contributed by atoms with Crippen LogP contribution < -0.4 is 5.32 Å². The Hall–Kier alpha value is -3.69. The Balaban J connectivity index is 1.42. The summed E-state index contributed by atoms with van der Waals surface area (Å²) in [6, 6.07) is 19.8. The fourth-order valence-corrected chi connectivity index (χ4v) is 4.06. The van der Waals surface area contributed by atoms with E-state index in [-0.39, 0.29) is 38.0 Å². The number of aliphatic hydroxyl groups is 1. The molecule has 6 nitrogen and oxygen atoms in total. The SMILES string of the molecule is O=C(Cc1ccccc1)Nc1ccc([C@@H](O)[C@H]2COCC(=O)N2Cc2ccc(C(F)(F)F)cc2)cc1. The molecule has 0 radical (unpaired) electrons. The van der Waals surface area contributed by atoms with Crippen molar-refractivity contribution in [1.29, 1.82) is 0 Å². The number of morpholine rings is 1. The molecule has 188 valence electrons. The molecular weight excluding hydrogens is 473 g/mol. The molecule has 2 amide bonds. The van der Waals surface area contributed by atoms with E-state index in [1.54, 1.807) is 24.3 Å². The van der Waals surface area contributed by atoms with E-state index in [0.717, 1.165) is 17.7 Å². The summed E-state index contributed by atoms with van der Waals surface area (Å²) in [6.07, 6.45) is -5.32. The summed E-state index contributed by atoms with van der Waals surface area (Å²) < 4.78 is 43.9. The highest BCUT2D eigenvalue weighted by atomic mass is 19.4. The number of benzene rings is 3. The molecule has 4 rings (SSSR count). The van der Waals surface area contributed by atoms with E-state index < -0.39 is 23.9 Å². The predicted octanol–water partition coefficient (Wildman–Crippen LogP) is 4.35. The quantitative estimate of drug-likeness (QED) is 0.508. The molecule has 1 heterocycles. The van der Waals surface area contributed by atoms with Crippen LogP contribution in [0.15, 0.2) is 78.9 Å². The molecule has 36 heavy (non-hydrogen) atoms. The van der Waals surface area contributed by atoms with Crippen LogP contribution in [0.3, 0.4) is 0 Å². The van der Waals surface area contributed by atoms with Crippen LogP contribution in [0.25, 0.3) is 0 Å². The molecule has 1 saturated heterocycles. The second-order valence-electron chi connectivity index (χ2n) is 8.58. The molecule has 1 aliphatic heterocycles. The number of hydrogen-bond donors (Lipinski definition) is 2. The molecule has 2 atom stereocenters. The maximum atomic E-state index is 12.9. The number of carbonyl (C=O) groups excluding carboxylic acids is 2. The number of carbonyl (C=O) groups is 2. The highest BCUT2D eigenvalue weighted by Gasteiger charge is 2.35. The molecule has 1 aliphatic rings. The fourth-order valence-electron chi connectivity index (χ4n) is 4.06. The lowest BCUT2D eigenvalue weighted by molar-refractivity contribution is -0.155. The average molecular weight is 499 g/mol. The maximum Gasteiger partial charge on any atom is 0.416 e. The average Bonchev–Trinajstić information content (AvgIpc) is 2.86. The third kappa shape index (κ3) is 6.30. The van der Waals surface area contributed by atoms with Crippen molar-refractivity contribution in [2.45, 2.75) is 31.3 Å². The molecule has 9 heteroatoms. The number of nitrogens with zero attached hydrogens (tertiary/aromatic N) is 1. The molecule has 0 aromatic heterocycles. The lowest BCUT2D eigenvalue weighted by Gasteiger charge is -2.38. The van der Waals surface area contributed by atoms with Crippen molar-refractivity contribution in [3.05, 3.63) is 101 Å². The zero-order chi connectivity index (χ0) is 25.7. The minimum Gasteiger partial charge on any atom is -0.386 e. The molecule has 0 saturated carbocycles. The van der Waals surface area contributed by atoms with E-state index >= 15 is 0 Å². The largest absolute Gasteiger partial charge is 0.416 e. The van der Waals surface area contributed by atoms with Gasteiger partial charge in [-0.05, 0) is 41.0 Å². The number of nitrogens with one attached hydrogen (secondary N) is 1. The van der Waals surface area contributed by atoms with E-state index in [1.807, 2.05) is 30.3 Å². The van der Waals surface area contributed by atoms with Gasteiger partial charge in [0.05, 0.1) is 24.6 Å². The molecular formula is C27H25F3N2O4. The second-order valence-corrected chi connectivity index (χ2v) is 8.58. The minimum absolute atomic E-state index is 0.0374. The first-order valence-corrected chi connectivity index (χ1v) is 11.4. The Morgan fingerprint density at radius 2 is 1.67 bits per heavy atom. The van der Waals surface area contributed by atoms with Crippen molar-refractivity contribution >= 4 is 17.5 Å². The van der Waals surface area contributed by atoms with Crippen LogP contribution in [0.1, 0.15) is 28.4 Å². The molecule has 0 bridgehead atoms. The van der Waals surface area contributed by atoms with Gasteiger partial charge in [0.2, 0.25) is 11.8 Å². The molecule has 0 unspecified atom stereocenters. The van der Waals surface area contributed by atoms with Crippen LogP contribution in [0.4, 0.5) is 18.9 Å². The first-order valence-electron chi connectivity index (χ1n) is 11.4. The number of halogens is 3. The normalized spacial score (nSPS) is 17.1. The molecule has 0 spiro atoms. The highest BCUT2D eigenvalue weighted by Crippen LogP contribution is 2.30. The standard InChI is InChI=1S/C27H25F3N2O4/c28-27(29,30)21-10-6-19(7-11-21)15-32-23(16-36-17-25(32)34)26(35)20-8-12-22(13-9-20)31-24(33)14-18-4-2-1-3-5-18/h1-13,23,26,35H,14-17H2,(H,31,33)/t23-,26-/m1/s1. The smallest absolute Gasteiger partial charge is 0.386 e. The molecule has 1 fully saturated rings. The van der Waals surface area contributed by atoms with Crippen molar-refractivity contribution < 1.29 is 32.6 Å². The van der Waals surface area contributed by atoms with E-state index in [4.69, 9.17) is 4.74 Å². The molecule has 3 aromatic rings. The van der Waals surface area contributed by atoms with Crippen molar-refractivity contribution in [3.8, 4) is 0 Å². The number of hydrogen-bond acceptors (Lipinski definition) is 4. The summed E-state index contributed by atoms with van der Waals surface area (Å²) in [6.45, 7) is -0.0605. The van der Waals surface area contributed by atoms with Gasteiger partial charge in [-0.3, -0.25) is 9.59 Å². The van der Waals surface area contributed by atoms with Gasteiger partial charge in [0.1, 0.15) is 12.7 Å². The summed E-state index contributed by atoms with van der Waals surface area (Å²) in [5.41, 5.74) is 1.69. The lowest BCUT2D eigenvalue weighted by atomic mass is 9.99. The van der Waals surface area contributed by atoms with Gasteiger partial charge in [-0.25, -0.2) is 0 Å². The Kier molecular flexibility index (Phi) is 7.71. The monoisotopic (exact) mass is 498 g/mol. The Morgan fingerprint density at radius 1 is 1.00 bits per heavy atom. The summed E-state index contributed by atoms with van der Waals surface area (Å²) in [7, 11) is 0. The third-order valence-electron chi connectivity index (χ3n) is 5.98. The third-order valence-corrected chi connectivity index (χ3v) is 5.98. The van der Waals surface area contributed by atoms with Crippen LogP contribution in [0, 0.1) is 0 Å². The minimum atomic E-state index is -4.45. The number of alkyl halides is 3. The molecule has 0 aliphatic carbocycles. The topological polar surface area (TPSA) is 78.9 Å². The highest BCUT2D eigenvalue weighted by molar-refractivity contribution is 5.92. The summed E-state index contributed by atoms with van der Waals surface area (Å²) in [4.78, 5) is 26.3. The number of aliphatic hydroxyl groups excluding tert-OH is 1. The van der Waals surface area contributed by atoms with Gasteiger partial charge in [-0.2, -0.15) is 13.2 Å². The van der Waals surface area contributed by atoms with E-state index in [0.29, 0.717) is 16.8 Å². The van der Waals surface area contributed by atoms with Crippen molar-refractivity contribution in [3.63, 3.8) is 0 Å². The van der Waals surface area contributed by atoms with Crippen LogP contribution in [0.5, 0.6) is 0 Å². The van der Waals surface area contributed by atoms with Crippen LogP contribution in [-0.2, 0) is 33.5 Å². The van der Waals surface area contributed by atoms with Gasteiger partial charge in [0.25, 0.3) is 0 Å². The van der Waals surface area contributed by atoms with Gasteiger partial charge in [-0.15, -0.1) is 0 Å². The van der Waals surface area contributed by atoms with Gasteiger partial charge in [-0.1, -0.05) is 54.6 Å². The number of rotatable bonds is 7. The zero-order valence-corrected chi connectivity index (χ0v) is 19.2. The number of amides is 2. The number of anilines is 1.